The molecule has 0 saturated heterocycles. The van der Waals surface area contributed by atoms with E-state index in [1.54, 1.807) is 54.7 Å². The lowest BCUT2D eigenvalue weighted by Crippen LogP contribution is -2.26. The van der Waals surface area contributed by atoms with Gasteiger partial charge >= 0.3 is 0 Å². The zero-order valence-electron chi connectivity index (χ0n) is 23.2. The van der Waals surface area contributed by atoms with Crippen LogP contribution in [-0.4, -0.2) is 39.9 Å². The van der Waals surface area contributed by atoms with Gasteiger partial charge in [-0.3, -0.25) is 14.4 Å². The molecule has 206 valence electrons. The lowest BCUT2D eigenvalue weighted by molar-refractivity contribution is 0.0802. The van der Waals surface area contributed by atoms with Crippen LogP contribution >= 0.6 is 11.3 Å². The lowest BCUT2D eigenvalue weighted by Gasteiger charge is -2.15. The zero-order valence-corrected chi connectivity index (χ0v) is 24.0. The number of amides is 2. The van der Waals surface area contributed by atoms with Crippen molar-refractivity contribution < 1.29 is 9.59 Å². The molecule has 0 spiro atoms. The molecular formula is C31H33N5O3S. The second-order valence-electron chi connectivity index (χ2n) is 10.1. The van der Waals surface area contributed by atoms with Gasteiger partial charge in [0.1, 0.15) is 11.5 Å². The third kappa shape index (κ3) is 5.56. The number of aromatic nitrogens is 2. The van der Waals surface area contributed by atoms with Gasteiger partial charge in [-0.1, -0.05) is 12.1 Å². The maximum absolute atomic E-state index is 13.1. The van der Waals surface area contributed by atoms with Crippen LogP contribution in [0.4, 0.5) is 17.2 Å². The summed E-state index contributed by atoms with van der Waals surface area (Å²) in [5.74, 6) is 0.252. The first kappa shape index (κ1) is 27.3. The van der Waals surface area contributed by atoms with Crippen molar-refractivity contribution in [2.24, 2.45) is 7.05 Å². The van der Waals surface area contributed by atoms with Gasteiger partial charge in [0.05, 0.1) is 10.4 Å². The van der Waals surface area contributed by atoms with Crippen LogP contribution in [0.1, 0.15) is 55.8 Å². The predicted octanol–water partition coefficient (Wildman–Crippen LogP) is 5.78. The number of aryl methyl sites for hydroxylation is 3. The molecule has 0 aliphatic heterocycles. The van der Waals surface area contributed by atoms with E-state index in [2.05, 4.69) is 15.6 Å². The molecule has 0 bridgehead atoms. The van der Waals surface area contributed by atoms with Gasteiger partial charge in [-0.2, -0.15) is 0 Å². The summed E-state index contributed by atoms with van der Waals surface area (Å²) >= 11 is 1.59. The highest BCUT2D eigenvalue weighted by atomic mass is 32.1. The molecule has 4 aromatic rings. The van der Waals surface area contributed by atoms with Crippen molar-refractivity contribution in [3.05, 3.63) is 91.7 Å². The fraction of sp³-hybridized carbons (Fsp3) is 0.290. The first-order valence-electron chi connectivity index (χ1n) is 13.5. The molecule has 8 nitrogen and oxygen atoms in total. The Morgan fingerprint density at radius 1 is 1.10 bits per heavy atom. The number of nitrogens with zero attached hydrogens (tertiary/aromatic N) is 3. The van der Waals surface area contributed by atoms with Crippen LogP contribution in [0.3, 0.4) is 0 Å². The Labute approximate surface area is 237 Å². The first-order valence-corrected chi connectivity index (χ1v) is 14.3. The summed E-state index contributed by atoms with van der Waals surface area (Å²) in [5, 5.41) is 6.21. The molecule has 5 rings (SSSR count). The lowest BCUT2D eigenvalue weighted by atomic mass is 9.99. The maximum atomic E-state index is 13.1. The van der Waals surface area contributed by atoms with E-state index in [1.165, 1.54) is 34.0 Å². The number of benzene rings is 1. The normalized spacial score (nSPS) is 12.5. The van der Waals surface area contributed by atoms with E-state index in [9.17, 15) is 14.4 Å². The monoisotopic (exact) mass is 555 g/mol. The molecule has 9 heteroatoms. The molecule has 3 heterocycles. The predicted molar refractivity (Wildman–Crippen MR) is 161 cm³/mol. The number of hydrogen-bond donors (Lipinski definition) is 2. The van der Waals surface area contributed by atoms with Crippen molar-refractivity contribution in [3.63, 3.8) is 0 Å². The third-order valence-electron chi connectivity index (χ3n) is 7.39. The van der Waals surface area contributed by atoms with Crippen LogP contribution < -0.4 is 16.2 Å². The molecule has 1 aromatic carbocycles. The Balaban J connectivity index is 1.39. The smallest absolute Gasteiger partial charge is 0.274 e. The molecule has 40 heavy (non-hydrogen) atoms. The Hall–Kier alpha value is -4.24. The van der Waals surface area contributed by atoms with Gasteiger partial charge in [-0.05, 0) is 86.6 Å². The summed E-state index contributed by atoms with van der Waals surface area (Å²) in [4.78, 5) is 46.5. The van der Waals surface area contributed by atoms with Crippen molar-refractivity contribution >= 4 is 40.3 Å². The van der Waals surface area contributed by atoms with E-state index in [1.807, 2.05) is 38.1 Å². The van der Waals surface area contributed by atoms with E-state index in [-0.39, 0.29) is 17.4 Å². The van der Waals surface area contributed by atoms with Crippen molar-refractivity contribution in [2.75, 3.05) is 24.2 Å². The largest absolute Gasteiger partial charge is 0.342 e. The molecule has 0 atom stereocenters. The van der Waals surface area contributed by atoms with Crippen LogP contribution in [-0.2, 0) is 19.9 Å². The van der Waals surface area contributed by atoms with Gasteiger partial charge in [-0.15, -0.1) is 11.3 Å². The van der Waals surface area contributed by atoms with Crippen LogP contribution in [0, 0.1) is 6.92 Å². The summed E-state index contributed by atoms with van der Waals surface area (Å²) in [6.45, 7) is 4.47. The van der Waals surface area contributed by atoms with Crippen LogP contribution in [0.5, 0.6) is 0 Å². The molecule has 0 saturated carbocycles. The van der Waals surface area contributed by atoms with Crippen molar-refractivity contribution in [3.8, 4) is 11.1 Å². The van der Waals surface area contributed by atoms with Crippen molar-refractivity contribution in [1.82, 2.24) is 14.5 Å². The summed E-state index contributed by atoms with van der Waals surface area (Å²) in [5.41, 5.74) is 5.30. The number of pyridine rings is 2. The van der Waals surface area contributed by atoms with Crippen LogP contribution in [0.25, 0.3) is 11.1 Å². The molecule has 0 radical (unpaired) electrons. The van der Waals surface area contributed by atoms with Gasteiger partial charge in [0.15, 0.2) is 0 Å². The van der Waals surface area contributed by atoms with E-state index < -0.39 is 0 Å². The third-order valence-corrected chi connectivity index (χ3v) is 8.63. The standard InChI is InChI=1S/C31H33N5O3S/c1-5-35(3)30(38)21-13-14-28(32-17-21)33-25-15-22(18-36(4)31(25)39)23-10-8-11-24(19(23)2)34-29(37)27-16-20-9-6-7-12-26(20)40-27/h8,10-11,13-18H,5-7,9,12H2,1-4H3,(H,32,33)(H,34,37). The fourth-order valence-electron chi connectivity index (χ4n) is 4.92. The number of nitrogens with one attached hydrogen (secondary N) is 2. The zero-order chi connectivity index (χ0) is 28.4. The van der Waals surface area contributed by atoms with Gasteiger partial charge in [0.25, 0.3) is 17.4 Å². The minimum Gasteiger partial charge on any atom is -0.342 e. The summed E-state index contributed by atoms with van der Waals surface area (Å²) in [6, 6.07) is 13.0. The molecule has 2 amide bonds. The molecule has 2 N–H and O–H groups in total. The molecule has 3 aromatic heterocycles. The molecule has 1 aliphatic rings. The van der Waals surface area contributed by atoms with E-state index in [0.717, 1.165) is 40.1 Å². The minimum absolute atomic E-state index is 0.0967. The number of rotatable bonds is 7. The van der Waals surface area contributed by atoms with Gasteiger partial charge in [0, 0.05) is 49.2 Å². The number of hydrogen-bond acceptors (Lipinski definition) is 6. The van der Waals surface area contributed by atoms with Crippen molar-refractivity contribution in [1.29, 1.82) is 0 Å². The quantitative estimate of drug-likeness (QED) is 0.301. The van der Waals surface area contributed by atoms with E-state index in [4.69, 9.17) is 0 Å². The first-order chi connectivity index (χ1) is 19.2. The molecular weight excluding hydrogens is 522 g/mol. The van der Waals surface area contributed by atoms with Crippen LogP contribution in [0.15, 0.2) is 59.7 Å². The fourth-order valence-corrected chi connectivity index (χ4v) is 6.06. The minimum atomic E-state index is -0.208. The highest BCUT2D eigenvalue weighted by Gasteiger charge is 2.19. The van der Waals surface area contributed by atoms with Gasteiger partial charge in [0.2, 0.25) is 0 Å². The SMILES string of the molecule is CCN(C)C(=O)c1ccc(Nc2cc(-c3cccc(NC(=O)c4cc5c(s4)CCCC5)c3C)cn(C)c2=O)nc1. The number of fused-ring (bicyclic) bond motifs is 1. The molecule has 0 fully saturated rings. The summed E-state index contributed by atoms with van der Waals surface area (Å²) in [6.07, 6.45) is 7.75. The van der Waals surface area contributed by atoms with Gasteiger partial charge in [-0.25, -0.2) is 4.98 Å². The average Bonchev–Trinajstić information content (AvgIpc) is 3.41. The maximum Gasteiger partial charge on any atom is 0.274 e. The number of carbonyl (C=O) groups is 2. The Morgan fingerprint density at radius 2 is 1.90 bits per heavy atom. The topological polar surface area (TPSA) is 96.3 Å². The van der Waals surface area contributed by atoms with Crippen molar-refractivity contribution in [2.45, 2.75) is 39.5 Å². The van der Waals surface area contributed by atoms with E-state index in [0.29, 0.717) is 23.6 Å². The number of anilines is 3. The number of thiophene rings is 1. The Morgan fingerprint density at radius 3 is 2.62 bits per heavy atom. The summed E-state index contributed by atoms with van der Waals surface area (Å²) in [7, 11) is 3.44. The molecule has 0 unspecified atom stereocenters. The second kappa shape index (κ2) is 11.5. The highest BCUT2D eigenvalue weighted by molar-refractivity contribution is 7.14. The second-order valence-corrected chi connectivity index (χ2v) is 11.3. The van der Waals surface area contributed by atoms with E-state index >= 15 is 0 Å². The Kier molecular flexibility index (Phi) is 7.84. The number of carbonyl (C=O) groups excluding carboxylic acids is 2. The van der Waals surface area contributed by atoms with Crippen LogP contribution in [0.2, 0.25) is 0 Å². The highest BCUT2D eigenvalue weighted by Crippen LogP contribution is 2.32. The summed E-state index contributed by atoms with van der Waals surface area (Å²) < 4.78 is 1.52. The molecule has 1 aliphatic carbocycles. The van der Waals surface area contributed by atoms with Gasteiger partial charge < -0.3 is 20.1 Å². The average molecular weight is 556 g/mol. The Bertz CT molecular complexity index is 1610.